The first-order valence-corrected chi connectivity index (χ1v) is 11.8. The van der Waals surface area contributed by atoms with E-state index in [1.807, 2.05) is 24.3 Å². The number of sulfonamides is 1. The van der Waals surface area contributed by atoms with Crippen molar-refractivity contribution in [3.05, 3.63) is 82.2 Å². The number of nitrogens with zero attached hydrogens (tertiary/aromatic N) is 1. The maximum absolute atomic E-state index is 13.0. The molecule has 0 saturated heterocycles. The van der Waals surface area contributed by atoms with Gasteiger partial charge in [-0.3, -0.25) is 4.79 Å². The Morgan fingerprint density at radius 2 is 1.71 bits per heavy atom. The average Bonchev–Trinajstić information content (AvgIpc) is 3.26. The number of thiophene rings is 1. The van der Waals surface area contributed by atoms with E-state index in [2.05, 4.69) is 10.1 Å². The Morgan fingerprint density at radius 1 is 1.00 bits per heavy atom. The number of rotatable bonds is 5. The van der Waals surface area contributed by atoms with Crippen LogP contribution in [0.5, 0.6) is 0 Å². The first-order valence-electron chi connectivity index (χ1n) is 9.55. The van der Waals surface area contributed by atoms with Gasteiger partial charge >= 0.3 is 5.97 Å². The number of hydrogen-bond acceptors (Lipinski definition) is 6. The molecule has 7 nitrogen and oxygen atoms in total. The van der Waals surface area contributed by atoms with Crippen LogP contribution in [-0.4, -0.2) is 38.3 Å². The van der Waals surface area contributed by atoms with Crippen molar-refractivity contribution in [3.63, 3.8) is 0 Å². The smallest absolute Gasteiger partial charge is 0.348 e. The summed E-state index contributed by atoms with van der Waals surface area (Å²) in [5, 5.41) is 3.20. The highest BCUT2D eigenvalue weighted by molar-refractivity contribution is 7.89. The van der Waals surface area contributed by atoms with E-state index in [0.717, 1.165) is 16.9 Å². The number of nitrogens with one attached hydrogen (secondary N) is 1. The summed E-state index contributed by atoms with van der Waals surface area (Å²) < 4.78 is 32.2. The first kappa shape index (κ1) is 21.2. The summed E-state index contributed by atoms with van der Waals surface area (Å²) in [6, 6.07) is 16.9. The van der Waals surface area contributed by atoms with Crippen molar-refractivity contribution in [2.45, 2.75) is 17.9 Å². The topological polar surface area (TPSA) is 92.8 Å². The molecule has 0 unspecified atom stereocenters. The van der Waals surface area contributed by atoms with E-state index in [9.17, 15) is 18.0 Å². The van der Waals surface area contributed by atoms with Crippen LogP contribution in [0, 0.1) is 0 Å². The monoisotopic (exact) mass is 456 g/mol. The molecular formula is C22H20N2O5S2. The van der Waals surface area contributed by atoms with E-state index in [0.29, 0.717) is 35.0 Å². The summed E-state index contributed by atoms with van der Waals surface area (Å²) in [6.07, 6.45) is 0.671. The van der Waals surface area contributed by atoms with Gasteiger partial charge in [0.1, 0.15) is 4.88 Å². The molecule has 0 radical (unpaired) electrons. The second-order valence-corrected chi connectivity index (χ2v) is 10.0. The Kier molecular flexibility index (Phi) is 5.90. The van der Waals surface area contributed by atoms with Crippen LogP contribution in [0.15, 0.2) is 65.6 Å². The molecule has 1 aromatic heterocycles. The normalized spacial score (nSPS) is 14.0. The standard InChI is InChI=1S/C22H20N2O5S2/c1-29-22(26)19-10-11-20(30-19)23-21(25)16-6-8-18(9-7-16)31(27,28)24-13-12-15-4-2-3-5-17(15)14-24/h2-11H,12-14H2,1H3,(H,23,25). The van der Waals surface area contributed by atoms with Gasteiger partial charge in [0.25, 0.3) is 5.91 Å². The summed E-state index contributed by atoms with van der Waals surface area (Å²) in [5.74, 6) is -0.866. The number of benzene rings is 2. The van der Waals surface area contributed by atoms with E-state index in [1.54, 1.807) is 12.1 Å². The SMILES string of the molecule is COC(=O)c1ccc(NC(=O)c2ccc(S(=O)(=O)N3CCc4ccccc4C3)cc2)s1. The van der Waals surface area contributed by atoms with E-state index >= 15 is 0 Å². The third kappa shape index (κ3) is 4.39. The molecule has 1 N–H and O–H groups in total. The summed E-state index contributed by atoms with van der Waals surface area (Å²) in [6.45, 7) is 0.754. The third-order valence-corrected chi connectivity index (χ3v) is 7.92. The molecule has 3 aromatic rings. The maximum Gasteiger partial charge on any atom is 0.348 e. The second kappa shape index (κ2) is 8.62. The summed E-state index contributed by atoms with van der Waals surface area (Å²) >= 11 is 1.10. The number of hydrogen-bond donors (Lipinski definition) is 1. The number of esters is 1. The number of amides is 1. The van der Waals surface area contributed by atoms with Gasteiger partial charge in [0, 0.05) is 18.7 Å². The van der Waals surface area contributed by atoms with Gasteiger partial charge in [0.15, 0.2) is 0 Å². The van der Waals surface area contributed by atoms with Gasteiger partial charge in [-0.25, -0.2) is 13.2 Å². The Balaban J connectivity index is 1.47. The van der Waals surface area contributed by atoms with Crippen molar-refractivity contribution >= 4 is 38.2 Å². The Morgan fingerprint density at radius 3 is 2.42 bits per heavy atom. The van der Waals surface area contributed by atoms with Crippen molar-refractivity contribution in [3.8, 4) is 0 Å². The Hall–Kier alpha value is -3.01. The molecule has 4 rings (SSSR count). The van der Waals surface area contributed by atoms with Gasteiger partial charge in [-0.05, 0) is 53.9 Å². The Labute approximate surface area is 184 Å². The van der Waals surface area contributed by atoms with Crippen LogP contribution in [-0.2, 0) is 27.7 Å². The zero-order valence-corrected chi connectivity index (χ0v) is 18.3. The molecule has 2 aromatic carbocycles. The molecule has 1 amide bonds. The van der Waals surface area contributed by atoms with Crippen LogP contribution >= 0.6 is 11.3 Å². The molecule has 0 bridgehead atoms. The molecule has 2 heterocycles. The number of carbonyl (C=O) groups is 2. The van der Waals surface area contributed by atoms with Crippen molar-refractivity contribution in [1.29, 1.82) is 0 Å². The third-order valence-electron chi connectivity index (χ3n) is 5.08. The lowest BCUT2D eigenvalue weighted by Crippen LogP contribution is -2.35. The highest BCUT2D eigenvalue weighted by atomic mass is 32.2. The minimum Gasteiger partial charge on any atom is -0.465 e. The molecule has 31 heavy (non-hydrogen) atoms. The van der Waals surface area contributed by atoms with E-state index in [4.69, 9.17) is 0 Å². The van der Waals surface area contributed by atoms with E-state index in [1.165, 1.54) is 41.2 Å². The predicted molar refractivity (Wildman–Crippen MR) is 118 cm³/mol. The fourth-order valence-electron chi connectivity index (χ4n) is 3.40. The molecule has 0 atom stereocenters. The first-order chi connectivity index (χ1) is 14.9. The zero-order chi connectivity index (χ0) is 22.0. The molecule has 160 valence electrons. The molecule has 9 heteroatoms. The van der Waals surface area contributed by atoms with Gasteiger partial charge in [0.05, 0.1) is 17.0 Å². The van der Waals surface area contributed by atoms with Gasteiger partial charge in [-0.15, -0.1) is 11.3 Å². The lowest BCUT2D eigenvalue weighted by atomic mass is 10.0. The number of ether oxygens (including phenoxy) is 1. The maximum atomic E-state index is 13.0. The number of fused-ring (bicyclic) bond motifs is 1. The van der Waals surface area contributed by atoms with Gasteiger partial charge in [0.2, 0.25) is 10.0 Å². The van der Waals surface area contributed by atoms with E-state index < -0.39 is 21.9 Å². The second-order valence-electron chi connectivity index (χ2n) is 6.99. The Bertz CT molecular complexity index is 1230. The van der Waals surface area contributed by atoms with Crippen LogP contribution in [0.1, 0.15) is 31.2 Å². The highest BCUT2D eigenvalue weighted by Crippen LogP contribution is 2.26. The van der Waals surface area contributed by atoms with Gasteiger partial charge in [-0.2, -0.15) is 4.31 Å². The quantitative estimate of drug-likeness (QED) is 0.593. The number of anilines is 1. The van der Waals surface area contributed by atoms with Gasteiger partial charge in [-0.1, -0.05) is 24.3 Å². The molecule has 1 aliphatic rings. The van der Waals surface area contributed by atoms with Crippen molar-refractivity contribution < 1.29 is 22.7 Å². The average molecular weight is 457 g/mol. The summed E-state index contributed by atoms with van der Waals surface area (Å²) in [4.78, 5) is 24.5. The molecule has 0 saturated carbocycles. The minimum atomic E-state index is -3.66. The summed E-state index contributed by atoms with van der Waals surface area (Å²) in [7, 11) is -2.37. The van der Waals surface area contributed by atoms with Crippen LogP contribution in [0.4, 0.5) is 5.00 Å². The van der Waals surface area contributed by atoms with Crippen molar-refractivity contribution in [2.75, 3.05) is 19.0 Å². The number of carbonyl (C=O) groups excluding carboxylic acids is 2. The summed E-state index contributed by atoms with van der Waals surface area (Å²) in [5.41, 5.74) is 2.50. The lowest BCUT2D eigenvalue weighted by molar-refractivity contribution is 0.0606. The minimum absolute atomic E-state index is 0.146. The van der Waals surface area contributed by atoms with Crippen LogP contribution in [0.25, 0.3) is 0 Å². The molecule has 0 aliphatic carbocycles. The van der Waals surface area contributed by atoms with Crippen molar-refractivity contribution in [2.24, 2.45) is 0 Å². The van der Waals surface area contributed by atoms with Crippen LogP contribution in [0.3, 0.4) is 0 Å². The lowest BCUT2D eigenvalue weighted by Gasteiger charge is -2.28. The molecule has 1 aliphatic heterocycles. The van der Waals surface area contributed by atoms with E-state index in [-0.39, 0.29) is 4.90 Å². The van der Waals surface area contributed by atoms with Crippen LogP contribution in [0.2, 0.25) is 0 Å². The largest absolute Gasteiger partial charge is 0.465 e. The zero-order valence-electron chi connectivity index (χ0n) is 16.7. The fraction of sp³-hybridized carbons (Fsp3) is 0.182. The van der Waals surface area contributed by atoms with Crippen molar-refractivity contribution in [1.82, 2.24) is 4.31 Å². The molecule has 0 spiro atoms. The molecule has 0 fully saturated rings. The van der Waals surface area contributed by atoms with Crippen LogP contribution < -0.4 is 5.32 Å². The van der Waals surface area contributed by atoms with Gasteiger partial charge < -0.3 is 10.1 Å². The predicted octanol–water partition coefficient (Wildman–Crippen LogP) is 3.53. The highest BCUT2D eigenvalue weighted by Gasteiger charge is 2.28. The fourth-order valence-corrected chi connectivity index (χ4v) is 5.64. The number of methoxy groups -OCH3 is 1. The molecular weight excluding hydrogens is 436 g/mol.